The van der Waals surface area contributed by atoms with Crippen LogP contribution in [-0.4, -0.2) is 19.2 Å². The number of hydrogen-bond donors (Lipinski definition) is 0. The maximum absolute atomic E-state index is 13.4. The van der Waals surface area contributed by atoms with Crippen LogP contribution in [0.5, 0.6) is 17.2 Å². The number of benzene rings is 3. The molecule has 1 aromatic heterocycles. The van der Waals surface area contributed by atoms with Crippen LogP contribution in [0.3, 0.4) is 0 Å². The van der Waals surface area contributed by atoms with E-state index in [2.05, 4.69) is 0 Å². The van der Waals surface area contributed by atoms with E-state index in [0.29, 0.717) is 64.7 Å². The smallest absolute Gasteiger partial charge is 0.336 e. The number of rotatable bonds is 5. The van der Waals surface area contributed by atoms with Crippen LogP contribution < -0.4 is 19.6 Å². The maximum Gasteiger partial charge on any atom is 0.336 e. The van der Waals surface area contributed by atoms with Crippen LogP contribution >= 0.6 is 0 Å². The second kappa shape index (κ2) is 9.27. The Morgan fingerprint density at radius 1 is 0.971 bits per heavy atom. The van der Waals surface area contributed by atoms with Gasteiger partial charge in [0.1, 0.15) is 30.3 Å². The first kappa shape index (κ1) is 21.5. The van der Waals surface area contributed by atoms with Gasteiger partial charge in [0, 0.05) is 18.6 Å². The number of hydrogen-bond acceptors (Lipinski definition) is 6. The lowest BCUT2D eigenvalue weighted by Crippen LogP contribution is -2.15. The molecule has 5 rings (SSSR count). The van der Waals surface area contributed by atoms with Crippen molar-refractivity contribution in [2.24, 2.45) is 0 Å². The van der Waals surface area contributed by atoms with Crippen LogP contribution in [0.1, 0.15) is 18.2 Å². The van der Waals surface area contributed by atoms with Crippen molar-refractivity contribution in [2.45, 2.75) is 13.3 Å². The third kappa shape index (κ3) is 4.30. The summed E-state index contributed by atoms with van der Waals surface area (Å²) >= 11 is 0. The Balaban J connectivity index is 1.47. The molecule has 0 spiro atoms. The molecule has 34 heavy (non-hydrogen) atoms. The average Bonchev–Trinajstić information content (AvgIpc) is 2.87. The number of aryl methyl sites for hydroxylation is 1. The van der Waals surface area contributed by atoms with Gasteiger partial charge in [0.2, 0.25) is 5.43 Å². The van der Waals surface area contributed by atoms with Gasteiger partial charge in [-0.2, -0.15) is 0 Å². The Bertz CT molecular complexity index is 1450. The van der Waals surface area contributed by atoms with Crippen molar-refractivity contribution >= 4 is 23.0 Å². The molecule has 1 aliphatic heterocycles. The highest BCUT2D eigenvalue weighted by atomic mass is 16.6. The molecule has 0 saturated heterocycles. The third-order valence-electron chi connectivity index (χ3n) is 5.52. The lowest BCUT2D eigenvalue weighted by Gasteiger charge is -2.19. The number of ether oxygens (including phenoxy) is 3. The summed E-state index contributed by atoms with van der Waals surface area (Å²) < 4.78 is 22.8. The van der Waals surface area contributed by atoms with Crippen LogP contribution in [-0.2, 0) is 11.2 Å². The Morgan fingerprint density at radius 2 is 1.76 bits per heavy atom. The first-order chi connectivity index (χ1) is 16.6. The van der Waals surface area contributed by atoms with Gasteiger partial charge in [-0.05, 0) is 41.5 Å². The molecule has 6 heteroatoms. The van der Waals surface area contributed by atoms with Gasteiger partial charge >= 0.3 is 5.97 Å². The predicted molar refractivity (Wildman–Crippen MR) is 129 cm³/mol. The molecule has 1 aliphatic rings. The Labute approximate surface area is 196 Å². The van der Waals surface area contributed by atoms with Gasteiger partial charge in [0.15, 0.2) is 11.5 Å². The lowest BCUT2D eigenvalue weighted by molar-refractivity contribution is -0.128. The van der Waals surface area contributed by atoms with Crippen molar-refractivity contribution in [3.05, 3.63) is 94.4 Å². The first-order valence-corrected chi connectivity index (χ1v) is 11.1. The molecule has 0 fully saturated rings. The lowest BCUT2D eigenvalue weighted by atomic mass is 10.0. The Kier molecular flexibility index (Phi) is 5.87. The minimum absolute atomic E-state index is 0.156. The van der Waals surface area contributed by atoms with Crippen LogP contribution in [0.4, 0.5) is 0 Å². The van der Waals surface area contributed by atoms with Crippen LogP contribution in [0, 0.1) is 0 Å². The molecule has 0 saturated carbocycles. The zero-order chi connectivity index (χ0) is 23.5. The number of esters is 1. The van der Waals surface area contributed by atoms with Crippen LogP contribution in [0.2, 0.25) is 0 Å². The normalized spacial score (nSPS) is 12.7. The number of carbonyl (C=O) groups is 1. The third-order valence-corrected chi connectivity index (χ3v) is 5.52. The summed E-state index contributed by atoms with van der Waals surface area (Å²) in [7, 11) is 0. The van der Waals surface area contributed by atoms with E-state index in [1.807, 2.05) is 43.3 Å². The summed E-state index contributed by atoms with van der Waals surface area (Å²) in [5, 5.41) is 0.404. The van der Waals surface area contributed by atoms with Gasteiger partial charge < -0.3 is 18.6 Å². The zero-order valence-electron chi connectivity index (χ0n) is 18.6. The molecule has 0 bridgehead atoms. The van der Waals surface area contributed by atoms with E-state index < -0.39 is 5.97 Å². The highest BCUT2D eigenvalue weighted by Crippen LogP contribution is 2.35. The molecule has 2 heterocycles. The van der Waals surface area contributed by atoms with Gasteiger partial charge in [-0.25, -0.2) is 4.79 Å². The fraction of sp³-hybridized carbons (Fsp3) is 0.143. The van der Waals surface area contributed by atoms with Crippen molar-refractivity contribution < 1.29 is 23.4 Å². The van der Waals surface area contributed by atoms with E-state index in [-0.39, 0.29) is 5.43 Å². The minimum atomic E-state index is -0.519. The van der Waals surface area contributed by atoms with E-state index in [1.165, 1.54) is 6.08 Å². The maximum atomic E-state index is 13.4. The number of carbonyl (C=O) groups excluding carboxylic acids is 1. The summed E-state index contributed by atoms with van der Waals surface area (Å²) in [4.78, 5) is 25.7. The molecule has 6 nitrogen and oxygen atoms in total. The molecule has 0 radical (unpaired) electrons. The standard InChI is InChI=1S/C28H22O6/c1-2-22-27(19-9-12-23-25(16-19)32-15-14-31-23)28(30)21-11-10-20(17-24(21)34-22)33-26(29)13-8-18-6-4-3-5-7-18/h3-13,16-17H,2,14-15H2,1H3/b13-8+. The largest absolute Gasteiger partial charge is 0.486 e. The molecule has 170 valence electrons. The minimum Gasteiger partial charge on any atom is -0.486 e. The SMILES string of the molecule is CCc1oc2cc(OC(=O)/C=C/c3ccccc3)ccc2c(=O)c1-c1ccc2c(c1)OCCO2. The van der Waals surface area contributed by atoms with E-state index >= 15 is 0 Å². The van der Waals surface area contributed by atoms with E-state index in [1.54, 1.807) is 36.4 Å². The molecule has 0 unspecified atom stereocenters. The molecule has 4 aromatic rings. The van der Waals surface area contributed by atoms with Crippen molar-refractivity contribution in [3.8, 4) is 28.4 Å². The van der Waals surface area contributed by atoms with Crippen molar-refractivity contribution in [1.82, 2.24) is 0 Å². The zero-order valence-corrected chi connectivity index (χ0v) is 18.6. The van der Waals surface area contributed by atoms with Gasteiger partial charge in [-0.1, -0.05) is 43.3 Å². The van der Waals surface area contributed by atoms with Gasteiger partial charge in [0.05, 0.1) is 10.9 Å². The van der Waals surface area contributed by atoms with Gasteiger partial charge in [-0.15, -0.1) is 0 Å². The fourth-order valence-corrected chi connectivity index (χ4v) is 3.90. The van der Waals surface area contributed by atoms with E-state index in [4.69, 9.17) is 18.6 Å². The Hall–Kier alpha value is -4.32. The molecular weight excluding hydrogens is 432 g/mol. The van der Waals surface area contributed by atoms with Crippen molar-refractivity contribution in [1.29, 1.82) is 0 Å². The van der Waals surface area contributed by atoms with Crippen LogP contribution in [0.25, 0.3) is 28.2 Å². The highest BCUT2D eigenvalue weighted by Gasteiger charge is 2.19. The van der Waals surface area contributed by atoms with Crippen LogP contribution in [0.15, 0.2) is 82.0 Å². The molecule has 0 N–H and O–H groups in total. The monoisotopic (exact) mass is 454 g/mol. The summed E-state index contributed by atoms with van der Waals surface area (Å²) in [6, 6.07) is 19.7. The second-order valence-electron chi connectivity index (χ2n) is 7.76. The van der Waals surface area contributed by atoms with Gasteiger partial charge in [-0.3, -0.25) is 4.79 Å². The second-order valence-corrected chi connectivity index (χ2v) is 7.76. The van der Waals surface area contributed by atoms with Crippen molar-refractivity contribution in [3.63, 3.8) is 0 Å². The topological polar surface area (TPSA) is 75.0 Å². The summed E-state index contributed by atoms with van der Waals surface area (Å²) in [6.07, 6.45) is 3.55. The molecule has 0 amide bonds. The Morgan fingerprint density at radius 3 is 2.56 bits per heavy atom. The quantitative estimate of drug-likeness (QED) is 0.228. The molecular formula is C28H22O6. The fourth-order valence-electron chi connectivity index (χ4n) is 3.90. The summed E-state index contributed by atoms with van der Waals surface area (Å²) in [5.41, 5.74) is 2.29. The number of fused-ring (bicyclic) bond motifs is 2. The predicted octanol–water partition coefficient (Wildman–Crippen LogP) is 5.41. The molecule has 3 aromatic carbocycles. The van der Waals surface area contributed by atoms with E-state index in [9.17, 15) is 9.59 Å². The van der Waals surface area contributed by atoms with Crippen molar-refractivity contribution in [2.75, 3.05) is 13.2 Å². The average molecular weight is 454 g/mol. The highest BCUT2D eigenvalue weighted by molar-refractivity contribution is 5.90. The first-order valence-electron chi connectivity index (χ1n) is 11.1. The summed E-state index contributed by atoms with van der Waals surface area (Å²) in [6.45, 7) is 2.88. The molecule has 0 aliphatic carbocycles. The molecule has 0 atom stereocenters. The summed E-state index contributed by atoms with van der Waals surface area (Å²) in [5.74, 6) is 1.59. The van der Waals surface area contributed by atoms with E-state index in [0.717, 1.165) is 5.56 Å². The van der Waals surface area contributed by atoms with Gasteiger partial charge in [0.25, 0.3) is 0 Å².